The first-order valence-electron chi connectivity index (χ1n) is 9.19. The Bertz CT molecular complexity index is 1110. The summed E-state index contributed by atoms with van der Waals surface area (Å²) in [5.74, 6) is 0.940. The number of thiophene rings is 1. The van der Waals surface area contributed by atoms with Crippen molar-refractivity contribution >= 4 is 46.2 Å². The molecule has 0 unspecified atom stereocenters. The molecule has 2 amide bonds. The van der Waals surface area contributed by atoms with E-state index in [1.807, 2.05) is 47.8 Å². The zero-order valence-corrected chi connectivity index (χ0v) is 18.1. The van der Waals surface area contributed by atoms with E-state index < -0.39 is 0 Å². The molecule has 4 rings (SSSR count). The van der Waals surface area contributed by atoms with Gasteiger partial charge in [0.2, 0.25) is 0 Å². The number of methoxy groups -OCH3 is 2. The first-order valence-corrected chi connectivity index (χ1v) is 11.1. The minimum absolute atomic E-state index is 0.323. The van der Waals surface area contributed by atoms with Crippen molar-refractivity contribution in [3.8, 4) is 11.5 Å². The third kappa shape index (κ3) is 3.74. The fraction of sp³-hybridized carbons (Fsp3) is 0.130. The number of benzene rings is 2. The molecule has 7 heteroatoms. The van der Waals surface area contributed by atoms with Crippen molar-refractivity contribution in [2.24, 2.45) is 0 Å². The van der Waals surface area contributed by atoms with E-state index >= 15 is 0 Å². The Labute approximate surface area is 182 Å². The van der Waals surface area contributed by atoms with Gasteiger partial charge >= 0.3 is 0 Å². The summed E-state index contributed by atoms with van der Waals surface area (Å²) in [4.78, 5) is 29.2. The number of anilines is 1. The predicted molar refractivity (Wildman–Crippen MR) is 121 cm³/mol. The van der Waals surface area contributed by atoms with E-state index in [2.05, 4.69) is 0 Å². The van der Waals surface area contributed by atoms with Gasteiger partial charge in [-0.3, -0.25) is 9.59 Å². The van der Waals surface area contributed by atoms with Crippen LogP contribution in [0.3, 0.4) is 0 Å². The highest BCUT2D eigenvalue weighted by Gasteiger charge is 2.40. The minimum atomic E-state index is -0.328. The summed E-state index contributed by atoms with van der Waals surface area (Å²) < 4.78 is 10.6. The Hall–Kier alpha value is -3.03. The summed E-state index contributed by atoms with van der Waals surface area (Å²) >= 11 is 2.84. The number of amides is 2. The fourth-order valence-electron chi connectivity index (χ4n) is 3.21. The minimum Gasteiger partial charge on any atom is -0.493 e. The zero-order valence-electron chi connectivity index (χ0n) is 16.5. The van der Waals surface area contributed by atoms with Crippen LogP contribution in [0.1, 0.15) is 10.4 Å². The standard InChI is InChI=1S/C23H19NO4S2/c1-27-17-11-10-16(13-18(17)28-2)24-22(25)20(19-9-6-12-29-19)21(23(24)26)30-14-15-7-4-3-5-8-15/h3-13H,14H2,1-2H3. The third-order valence-electron chi connectivity index (χ3n) is 4.66. The van der Waals surface area contributed by atoms with Crippen LogP contribution in [0.15, 0.2) is 70.9 Å². The number of imide groups is 1. The Morgan fingerprint density at radius 2 is 1.67 bits per heavy atom. The molecule has 0 fully saturated rings. The second kappa shape index (κ2) is 8.77. The van der Waals surface area contributed by atoms with Crippen LogP contribution < -0.4 is 14.4 Å². The lowest BCUT2D eigenvalue weighted by Crippen LogP contribution is -2.31. The lowest BCUT2D eigenvalue weighted by atomic mass is 10.2. The number of rotatable bonds is 7. The van der Waals surface area contributed by atoms with Gasteiger partial charge in [0, 0.05) is 16.7 Å². The van der Waals surface area contributed by atoms with E-state index in [1.54, 1.807) is 25.3 Å². The van der Waals surface area contributed by atoms with Crippen LogP contribution in [0.5, 0.6) is 11.5 Å². The molecular formula is C23H19NO4S2. The smallest absolute Gasteiger partial charge is 0.272 e. The van der Waals surface area contributed by atoms with Crippen molar-refractivity contribution in [2.75, 3.05) is 19.1 Å². The van der Waals surface area contributed by atoms with E-state index in [-0.39, 0.29) is 11.8 Å². The van der Waals surface area contributed by atoms with Gasteiger partial charge in [-0.2, -0.15) is 0 Å². The topological polar surface area (TPSA) is 55.8 Å². The van der Waals surface area contributed by atoms with Gasteiger partial charge in [-0.15, -0.1) is 23.1 Å². The van der Waals surface area contributed by atoms with Crippen molar-refractivity contribution in [2.45, 2.75) is 5.75 Å². The molecule has 2 heterocycles. The summed E-state index contributed by atoms with van der Waals surface area (Å²) in [5.41, 5.74) is 1.99. The maximum atomic E-state index is 13.4. The van der Waals surface area contributed by atoms with Crippen molar-refractivity contribution in [3.63, 3.8) is 0 Å². The monoisotopic (exact) mass is 437 g/mol. The molecule has 3 aromatic rings. The van der Waals surface area contributed by atoms with Gasteiger partial charge < -0.3 is 9.47 Å². The summed E-state index contributed by atoms with van der Waals surface area (Å²) in [7, 11) is 3.06. The summed E-state index contributed by atoms with van der Waals surface area (Å²) in [6.45, 7) is 0. The first kappa shape index (κ1) is 20.3. The van der Waals surface area contributed by atoms with Gasteiger partial charge in [0.15, 0.2) is 11.5 Å². The average molecular weight is 438 g/mol. The molecule has 5 nitrogen and oxygen atoms in total. The van der Waals surface area contributed by atoms with Crippen molar-refractivity contribution in [3.05, 3.63) is 81.4 Å². The molecule has 0 radical (unpaired) electrons. The van der Waals surface area contributed by atoms with E-state index in [1.165, 1.54) is 35.1 Å². The number of carbonyl (C=O) groups excluding carboxylic acids is 2. The van der Waals surface area contributed by atoms with Crippen molar-refractivity contribution in [1.29, 1.82) is 0 Å². The summed E-state index contributed by atoms with van der Waals surface area (Å²) in [6, 6.07) is 18.7. The number of carbonyl (C=O) groups is 2. The normalized spacial score (nSPS) is 13.9. The molecule has 1 aromatic heterocycles. The van der Waals surface area contributed by atoms with E-state index in [0.29, 0.717) is 33.4 Å². The first-order chi connectivity index (χ1) is 14.6. The van der Waals surface area contributed by atoms with Gasteiger partial charge in [0.1, 0.15) is 0 Å². The Morgan fingerprint density at radius 3 is 2.33 bits per heavy atom. The number of hydrogen-bond donors (Lipinski definition) is 0. The van der Waals surface area contributed by atoms with Gasteiger partial charge in [-0.1, -0.05) is 36.4 Å². The molecule has 2 aromatic carbocycles. The largest absolute Gasteiger partial charge is 0.493 e. The summed E-state index contributed by atoms with van der Waals surface area (Å²) in [6.07, 6.45) is 0. The lowest BCUT2D eigenvalue weighted by Gasteiger charge is -2.17. The van der Waals surface area contributed by atoms with Gasteiger partial charge in [-0.05, 0) is 29.1 Å². The van der Waals surface area contributed by atoms with Gasteiger partial charge in [0.05, 0.1) is 30.4 Å². The van der Waals surface area contributed by atoms with E-state index in [0.717, 1.165) is 10.4 Å². The highest BCUT2D eigenvalue weighted by atomic mass is 32.2. The molecule has 0 bridgehead atoms. The Balaban J connectivity index is 1.71. The quantitative estimate of drug-likeness (QED) is 0.488. The third-order valence-corrected chi connectivity index (χ3v) is 6.69. The van der Waals surface area contributed by atoms with Crippen molar-refractivity contribution < 1.29 is 19.1 Å². The molecule has 0 spiro atoms. The second-order valence-electron chi connectivity index (χ2n) is 6.44. The maximum Gasteiger partial charge on any atom is 0.272 e. The average Bonchev–Trinajstić information content (AvgIpc) is 3.38. The predicted octanol–water partition coefficient (Wildman–Crippen LogP) is 4.98. The number of ether oxygens (including phenoxy) is 2. The highest BCUT2D eigenvalue weighted by molar-refractivity contribution is 8.03. The molecule has 0 N–H and O–H groups in total. The second-order valence-corrected chi connectivity index (χ2v) is 8.37. The van der Waals surface area contributed by atoms with Crippen LogP contribution in [0.4, 0.5) is 5.69 Å². The number of hydrogen-bond acceptors (Lipinski definition) is 6. The van der Waals surface area contributed by atoms with Crippen LogP contribution in [0, 0.1) is 0 Å². The molecule has 30 heavy (non-hydrogen) atoms. The molecule has 0 aliphatic carbocycles. The van der Waals surface area contributed by atoms with Crippen LogP contribution in [0.2, 0.25) is 0 Å². The molecule has 1 aliphatic heterocycles. The van der Waals surface area contributed by atoms with E-state index in [9.17, 15) is 9.59 Å². The van der Waals surface area contributed by atoms with Crippen LogP contribution >= 0.6 is 23.1 Å². The highest BCUT2D eigenvalue weighted by Crippen LogP contribution is 2.42. The molecular weight excluding hydrogens is 418 g/mol. The van der Waals surface area contributed by atoms with Crippen molar-refractivity contribution in [1.82, 2.24) is 0 Å². The molecule has 0 saturated carbocycles. The SMILES string of the molecule is COc1ccc(N2C(=O)C(SCc3ccccc3)=C(c3cccs3)C2=O)cc1OC. The molecule has 152 valence electrons. The lowest BCUT2D eigenvalue weighted by molar-refractivity contribution is -0.119. The molecule has 1 aliphatic rings. The molecule has 0 saturated heterocycles. The Morgan fingerprint density at radius 1 is 0.900 bits per heavy atom. The van der Waals surface area contributed by atoms with Crippen LogP contribution in [-0.2, 0) is 15.3 Å². The van der Waals surface area contributed by atoms with Crippen LogP contribution in [-0.4, -0.2) is 26.0 Å². The maximum absolute atomic E-state index is 13.4. The van der Waals surface area contributed by atoms with Gasteiger partial charge in [0.25, 0.3) is 11.8 Å². The molecule has 0 atom stereocenters. The zero-order chi connectivity index (χ0) is 21.1. The van der Waals surface area contributed by atoms with Crippen LogP contribution in [0.25, 0.3) is 5.57 Å². The summed E-state index contributed by atoms with van der Waals surface area (Å²) in [5, 5.41) is 1.90. The fourth-order valence-corrected chi connectivity index (χ4v) is 5.10. The van der Waals surface area contributed by atoms with Gasteiger partial charge in [-0.25, -0.2) is 4.90 Å². The number of nitrogens with zero attached hydrogens (tertiary/aromatic N) is 1. The Kier molecular flexibility index (Phi) is 5.92. The van der Waals surface area contributed by atoms with E-state index in [4.69, 9.17) is 9.47 Å². The number of thioether (sulfide) groups is 1.